The second-order valence-corrected chi connectivity index (χ2v) is 6.06. The smallest absolute Gasteiger partial charge is 0.255 e. The first-order valence-electron chi connectivity index (χ1n) is 7.03. The van der Waals surface area contributed by atoms with Crippen molar-refractivity contribution in [1.29, 1.82) is 0 Å². The van der Waals surface area contributed by atoms with E-state index in [0.717, 1.165) is 22.0 Å². The van der Waals surface area contributed by atoms with Crippen molar-refractivity contribution in [3.63, 3.8) is 0 Å². The Morgan fingerprint density at radius 3 is 2.73 bits per heavy atom. The highest BCUT2D eigenvalue weighted by atomic mass is 32.2. The van der Waals surface area contributed by atoms with Crippen LogP contribution in [0.3, 0.4) is 0 Å². The summed E-state index contributed by atoms with van der Waals surface area (Å²) in [5.41, 5.74) is 2.48. The molecule has 0 radical (unpaired) electrons. The minimum Gasteiger partial charge on any atom is -0.378 e. The molecule has 0 saturated carbocycles. The molecule has 1 N–H and O–H groups in total. The van der Waals surface area contributed by atoms with Crippen LogP contribution in [-0.2, 0) is 0 Å². The van der Waals surface area contributed by atoms with Gasteiger partial charge in [0, 0.05) is 36.0 Å². The molecule has 114 valence electrons. The third kappa shape index (κ3) is 4.15. The number of carbonyl (C=O) groups excluding carboxylic acids is 1. The largest absolute Gasteiger partial charge is 0.378 e. The molecule has 2 rings (SSSR count). The fraction of sp³-hybridized carbons (Fsp3) is 0.167. The zero-order chi connectivity index (χ0) is 15.9. The molecule has 0 unspecified atom stereocenters. The van der Waals surface area contributed by atoms with Gasteiger partial charge in [0.2, 0.25) is 0 Å². The number of nitrogens with one attached hydrogen (secondary N) is 1. The fourth-order valence-electron chi connectivity index (χ4n) is 1.96. The number of anilines is 2. The van der Waals surface area contributed by atoms with Crippen LogP contribution in [-0.4, -0.2) is 25.8 Å². The van der Waals surface area contributed by atoms with Crippen LogP contribution in [0.2, 0.25) is 0 Å². The van der Waals surface area contributed by atoms with Crippen molar-refractivity contribution in [3.8, 4) is 0 Å². The number of amides is 1. The molecule has 2 aromatic rings. The summed E-state index contributed by atoms with van der Waals surface area (Å²) >= 11 is 1.65. The SMILES string of the molecule is C=CCSc1ccccc1NC(=O)c1cccc(N(C)C)c1. The summed E-state index contributed by atoms with van der Waals surface area (Å²) in [5, 5.41) is 2.99. The van der Waals surface area contributed by atoms with Gasteiger partial charge >= 0.3 is 0 Å². The lowest BCUT2D eigenvalue weighted by Crippen LogP contribution is -2.14. The zero-order valence-electron chi connectivity index (χ0n) is 12.9. The highest BCUT2D eigenvalue weighted by Gasteiger charge is 2.10. The number of benzene rings is 2. The van der Waals surface area contributed by atoms with E-state index < -0.39 is 0 Å². The molecule has 0 bridgehead atoms. The van der Waals surface area contributed by atoms with E-state index in [4.69, 9.17) is 0 Å². The zero-order valence-corrected chi connectivity index (χ0v) is 13.7. The molecule has 0 aromatic heterocycles. The van der Waals surface area contributed by atoms with Gasteiger partial charge < -0.3 is 10.2 Å². The Morgan fingerprint density at radius 2 is 2.00 bits per heavy atom. The van der Waals surface area contributed by atoms with Crippen LogP contribution in [0.4, 0.5) is 11.4 Å². The number of thioether (sulfide) groups is 1. The molecule has 0 atom stereocenters. The van der Waals surface area contributed by atoms with Gasteiger partial charge in [0.05, 0.1) is 5.69 Å². The average molecular weight is 312 g/mol. The normalized spacial score (nSPS) is 10.1. The van der Waals surface area contributed by atoms with Crippen LogP contribution in [0.1, 0.15) is 10.4 Å². The van der Waals surface area contributed by atoms with Crippen LogP contribution in [0.25, 0.3) is 0 Å². The van der Waals surface area contributed by atoms with Gasteiger partial charge in [0.1, 0.15) is 0 Å². The van der Waals surface area contributed by atoms with E-state index in [1.165, 1.54) is 0 Å². The number of hydrogen-bond acceptors (Lipinski definition) is 3. The Hall–Kier alpha value is -2.20. The minimum atomic E-state index is -0.102. The summed E-state index contributed by atoms with van der Waals surface area (Å²) in [5.74, 6) is 0.707. The lowest BCUT2D eigenvalue weighted by atomic mass is 10.1. The maximum Gasteiger partial charge on any atom is 0.255 e. The molecule has 0 fully saturated rings. The fourth-order valence-corrected chi connectivity index (χ4v) is 2.71. The van der Waals surface area contributed by atoms with Gasteiger partial charge in [-0.3, -0.25) is 4.79 Å². The molecule has 0 saturated heterocycles. The number of nitrogens with zero attached hydrogens (tertiary/aromatic N) is 1. The summed E-state index contributed by atoms with van der Waals surface area (Å²) in [6, 6.07) is 15.4. The standard InChI is InChI=1S/C18H20N2OS/c1-4-12-22-17-11-6-5-10-16(17)19-18(21)14-8-7-9-15(13-14)20(2)3/h4-11,13H,1,12H2,2-3H3,(H,19,21). The van der Waals surface area contributed by atoms with E-state index in [1.54, 1.807) is 11.8 Å². The monoisotopic (exact) mass is 312 g/mol. The Morgan fingerprint density at radius 1 is 1.23 bits per heavy atom. The van der Waals surface area contributed by atoms with E-state index in [9.17, 15) is 4.79 Å². The Bertz CT molecular complexity index is 668. The molecule has 4 heteroatoms. The van der Waals surface area contributed by atoms with Gasteiger partial charge in [-0.05, 0) is 30.3 Å². The van der Waals surface area contributed by atoms with Crippen LogP contribution in [0.15, 0.2) is 66.1 Å². The van der Waals surface area contributed by atoms with Gasteiger partial charge in [-0.2, -0.15) is 0 Å². The van der Waals surface area contributed by atoms with Crippen LogP contribution < -0.4 is 10.2 Å². The third-order valence-corrected chi connectivity index (χ3v) is 4.19. The quantitative estimate of drug-likeness (QED) is 0.638. The molecule has 0 aliphatic rings. The summed E-state index contributed by atoms with van der Waals surface area (Å²) in [4.78, 5) is 15.5. The highest BCUT2D eigenvalue weighted by Crippen LogP contribution is 2.27. The van der Waals surface area contributed by atoms with Crippen molar-refractivity contribution >= 4 is 29.0 Å². The van der Waals surface area contributed by atoms with Gasteiger partial charge in [-0.15, -0.1) is 18.3 Å². The summed E-state index contributed by atoms with van der Waals surface area (Å²) in [7, 11) is 3.91. The lowest BCUT2D eigenvalue weighted by molar-refractivity contribution is 0.102. The first kappa shape index (κ1) is 16.2. The van der Waals surface area contributed by atoms with E-state index >= 15 is 0 Å². The van der Waals surface area contributed by atoms with E-state index in [0.29, 0.717) is 5.56 Å². The second kappa shape index (κ2) is 7.71. The predicted octanol–water partition coefficient (Wildman–Crippen LogP) is 4.28. The van der Waals surface area contributed by atoms with Crippen LogP contribution in [0, 0.1) is 0 Å². The van der Waals surface area contributed by atoms with Crippen molar-refractivity contribution in [3.05, 3.63) is 66.7 Å². The van der Waals surface area contributed by atoms with E-state index in [1.807, 2.05) is 73.6 Å². The Balaban J connectivity index is 2.18. The molecule has 22 heavy (non-hydrogen) atoms. The molecule has 3 nitrogen and oxygen atoms in total. The Labute approximate surface area is 136 Å². The van der Waals surface area contributed by atoms with Crippen molar-refractivity contribution in [2.24, 2.45) is 0 Å². The van der Waals surface area contributed by atoms with Crippen molar-refractivity contribution in [2.75, 3.05) is 30.1 Å². The lowest BCUT2D eigenvalue weighted by Gasteiger charge is -2.14. The molecule has 0 aliphatic heterocycles. The van der Waals surface area contributed by atoms with Crippen molar-refractivity contribution < 1.29 is 4.79 Å². The predicted molar refractivity (Wildman–Crippen MR) is 96.1 cm³/mol. The van der Waals surface area contributed by atoms with Crippen molar-refractivity contribution in [1.82, 2.24) is 0 Å². The van der Waals surface area contributed by atoms with Gasteiger partial charge in [0.25, 0.3) is 5.91 Å². The highest BCUT2D eigenvalue weighted by molar-refractivity contribution is 7.99. The first-order valence-corrected chi connectivity index (χ1v) is 8.02. The van der Waals surface area contributed by atoms with Crippen LogP contribution in [0.5, 0.6) is 0 Å². The molecular formula is C18H20N2OS. The van der Waals surface area contributed by atoms with E-state index in [2.05, 4.69) is 11.9 Å². The summed E-state index contributed by atoms with van der Waals surface area (Å²) in [6.07, 6.45) is 1.85. The average Bonchev–Trinajstić information content (AvgIpc) is 2.54. The van der Waals surface area contributed by atoms with Crippen LogP contribution >= 0.6 is 11.8 Å². The maximum absolute atomic E-state index is 12.5. The molecular weight excluding hydrogens is 292 g/mol. The number of carbonyl (C=O) groups is 1. The number of rotatable bonds is 6. The molecule has 0 aliphatic carbocycles. The number of hydrogen-bond donors (Lipinski definition) is 1. The second-order valence-electron chi connectivity index (χ2n) is 4.99. The van der Waals surface area contributed by atoms with Crippen molar-refractivity contribution in [2.45, 2.75) is 4.90 Å². The molecule has 0 heterocycles. The topological polar surface area (TPSA) is 32.3 Å². The molecule has 0 spiro atoms. The third-order valence-electron chi connectivity index (χ3n) is 3.12. The Kier molecular flexibility index (Phi) is 5.67. The minimum absolute atomic E-state index is 0.102. The summed E-state index contributed by atoms with van der Waals surface area (Å²) < 4.78 is 0. The summed E-state index contributed by atoms with van der Waals surface area (Å²) in [6.45, 7) is 3.73. The first-order chi connectivity index (χ1) is 10.6. The number of para-hydroxylation sites is 1. The van der Waals surface area contributed by atoms with Gasteiger partial charge in [-0.25, -0.2) is 0 Å². The maximum atomic E-state index is 12.5. The molecule has 1 amide bonds. The van der Waals surface area contributed by atoms with E-state index in [-0.39, 0.29) is 5.91 Å². The van der Waals surface area contributed by atoms with Gasteiger partial charge in [-0.1, -0.05) is 24.3 Å². The van der Waals surface area contributed by atoms with Gasteiger partial charge in [0.15, 0.2) is 0 Å². The molecule has 2 aromatic carbocycles.